The molecule has 1 saturated heterocycles. The van der Waals surface area contributed by atoms with E-state index in [-0.39, 0.29) is 24.6 Å². The van der Waals surface area contributed by atoms with Crippen molar-refractivity contribution in [2.24, 2.45) is 0 Å². The van der Waals surface area contributed by atoms with Gasteiger partial charge in [0.15, 0.2) is 11.5 Å². The molecule has 3 aliphatic heterocycles. The van der Waals surface area contributed by atoms with Crippen LogP contribution in [-0.2, 0) is 24.2 Å². The molecule has 8 nitrogen and oxygen atoms in total. The van der Waals surface area contributed by atoms with Crippen molar-refractivity contribution in [3.8, 4) is 11.5 Å². The van der Waals surface area contributed by atoms with Crippen LogP contribution >= 0.6 is 11.6 Å². The van der Waals surface area contributed by atoms with Gasteiger partial charge in [-0.25, -0.2) is 4.98 Å². The fourth-order valence-electron chi connectivity index (χ4n) is 4.44. The number of nitrogens with zero attached hydrogens (tertiary/aromatic N) is 3. The van der Waals surface area contributed by atoms with Crippen LogP contribution in [0.15, 0.2) is 16.9 Å². The Morgan fingerprint density at radius 3 is 2.70 bits per heavy atom. The number of rotatable bonds is 3. The van der Waals surface area contributed by atoms with E-state index in [1.54, 1.807) is 6.07 Å². The molecule has 4 heterocycles. The van der Waals surface area contributed by atoms with Crippen LogP contribution in [0.2, 0.25) is 5.02 Å². The first-order valence-corrected chi connectivity index (χ1v) is 10.7. The average Bonchev–Trinajstić information content (AvgIpc) is 3.14. The Labute approximate surface area is 179 Å². The van der Waals surface area contributed by atoms with E-state index < -0.39 is 0 Å². The van der Waals surface area contributed by atoms with Gasteiger partial charge >= 0.3 is 0 Å². The van der Waals surface area contributed by atoms with E-state index in [9.17, 15) is 4.79 Å². The number of hydrogen-bond donors (Lipinski definition) is 1. The van der Waals surface area contributed by atoms with Crippen LogP contribution in [0.25, 0.3) is 0 Å². The van der Waals surface area contributed by atoms with Gasteiger partial charge in [-0.3, -0.25) is 14.7 Å². The number of aromatic nitrogens is 2. The zero-order valence-electron chi connectivity index (χ0n) is 17.1. The predicted molar refractivity (Wildman–Crippen MR) is 112 cm³/mol. The van der Waals surface area contributed by atoms with Crippen LogP contribution in [0.5, 0.6) is 11.5 Å². The highest BCUT2D eigenvalue weighted by molar-refractivity contribution is 6.31. The fourth-order valence-corrected chi connectivity index (χ4v) is 4.65. The first-order chi connectivity index (χ1) is 14.5. The van der Waals surface area contributed by atoms with Gasteiger partial charge in [-0.15, -0.1) is 0 Å². The third-order valence-corrected chi connectivity index (χ3v) is 6.15. The Morgan fingerprint density at radius 1 is 1.20 bits per heavy atom. The summed E-state index contributed by atoms with van der Waals surface area (Å²) in [5.41, 5.74) is 2.55. The molecular formula is C21H25ClN4O4. The fraction of sp³-hybridized carbons (Fsp3) is 0.524. The van der Waals surface area contributed by atoms with Gasteiger partial charge in [0.05, 0.1) is 17.9 Å². The summed E-state index contributed by atoms with van der Waals surface area (Å²) in [6.45, 7) is 7.75. The van der Waals surface area contributed by atoms with Crippen molar-refractivity contribution in [2.45, 2.75) is 45.6 Å². The van der Waals surface area contributed by atoms with Gasteiger partial charge in [0.25, 0.3) is 5.56 Å². The minimum absolute atomic E-state index is 0.0393. The zero-order chi connectivity index (χ0) is 20.8. The van der Waals surface area contributed by atoms with Crippen molar-refractivity contribution in [1.82, 2.24) is 14.9 Å². The van der Waals surface area contributed by atoms with Crippen LogP contribution < -0.4 is 19.9 Å². The lowest BCUT2D eigenvalue weighted by molar-refractivity contribution is -0.00576. The molecule has 0 spiro atoms. The molecule has 2 aromatic rings. The second kappa shape index (κ2) is 7.76. The summed E-state index contributed by atoms with van der Waals surface area (Å²) < 4.78 is 16.7. The van der Waals surface area contributed by atoms with Crippen LogP contribution in [0.3, 0.4) is 0 Å². The van der Waals surface area contributed by atoms with Gasteiger partial charge in [-0.1, -0.05) is 11.6 Å². The number of benzene rings is 1. The first-order valence-electron chi connectivity index (χ1n) is 10.3. The molecule has 0 amide bonds. The van der Waals surface area contributed by atoms with E-state index in [1.165, 1.54) is 0 Å². The van der Waals surface area contributed by atoms with Gasteiger partial charge < -0.3 is 19.1 Å². The van der Waals surface area contributed by atoms with Gasteiger partial charge in [-0.05, 0) is 31.9 Å². The lowest BCUT2D eigenvalue weighted by Gasteiger charge is -2.36. The summed E-state index contributed by atoms with van der Waals surface area (Å²) in [5, 5.41) is 0.654. The molecule has 1 fully saturated rings. The van der Waals surface area contributed by atoms with E-state index in [2.05, 4.69) is 14.8 Å². The molecular weight excluding hydrogens is 408 g/mol. The summed E-state index contributed by atoms with van der Waals surface area (Å²) in [6.07, 6.45) is 0.857. The molecule has 160 valence electrons. The quantitative estimate of drug-likeness (QED) is 0.797. The van der Waals surface area contributed by atoms with E-state index >= 15 is 0 Å². The summed E-state index contributed by atoms with van der Waals surface area (Å²) in [5.74, 6) is 2.03. The maximum absolute atomic E-state index is 12.7. The average molecular weight is 433 g/mol. The number of H-pyrrole nitrogens is 1. The molecule has 9 heteroatoms. The molecule has 1 N–H and O–H groups in total. The zero-order valence-corrected chi connectivity index (χ0v) is 17.9. The van der Waals surface area contributed by atoms with Crippen molar-refractivity contribution in [2.75, 3.05) is 31.3 Å². The van der Waals surface area contributed by atoms with Crippen molar-refractivity contribution in [1.29, 1.82) is 0 Å². The second-order valence-corrected chi connectivity index (χ2v) is 8.64. The first kappa shape index (κ1) is 19.7. The van der Waals surface area contributed by atoms with E-state index in [0.717, 1.165) is 29.1 Å². The largest absolute Gasteiger partial charge is 0.454 e. The number of morpholine rings is 1. The number of halogens is 1. The van der Waals surface area contributed by atoms with E-state index in [0.29, 0.717) is 49.3 Å². The SMILES string of the molecule is C[C@@H]1CN(c2nc3c(c(=O)[nH]2)CCN(Cc2cc4c(cc2Cl)OCO4)C3)C[C@H](C)O1. The van der Waals surface area contributed by atoms with E-state index in [1.807, 2.05) is 19.9 Å². The molecule has 0 bridgehead atoms. The summed E-state index contributed by atoms with van der Waals surface area (Å²) >= 11 is 6.46. The standard InChI is InChI=1S/C21H25ClN4O4/c1-12-7-26(8-13(2)30-12)21-23-17-10-25(4-3-15(17)20(27)24-21)9-14-5-18-19(6-16(14)22)29-11-28-18/h5-6,12-13H,3-4,7-11H2,1-2H3,(H,23,24,27)/t12-,13+. The van der Waals surface area contributed by atoms with Crippen LogP contribution in [-0.4, -0.2) is 53.5 Å². The third-order valence-electron chi connectivity index (χ3n) is 5.79. The van der Waals surface area contributed by atoms with Crippen molar-refractivity contribution >= 4 is 17.5 Å². The molecule has 0 saturated carbocycles. The minimum atomic E-state index is -0.0393. The Kier molecular flexibility index (Phi) is 5.08. The number of nitrogens with one attached hydrogen (secondary N) is 1. The van der Waals surface area contributed by atoms with E-state index in [4.69, 9.17) is 30.8 Å². The highest BCUT2D eigenvalue weighted by atomic mass is 35.5. The topological polar surface area (TPSA) is 79.9 Å². The molecule has 5 rings (SSSR count). The van der Waals surface area contributed by atoms with Gasteiger partial charge in [0.1, 0.15) is 0 Å². The highest BCUT2D eigenvalue weighted by Gasteiger charge is 2.27. The molecule has 0 aliphatic carbocycles. The molecule has 30 heavy (non-hydrogen) atoms. The van der Waals surface area contributed by atoms with Crippen molar-refractivity contribution in [3.05, 3.63) is 44.3 Å². The second-order valence-electron chi connectivity index (χ2n) is 8.23. The third kappa shape index (κ3) is 3.75. The molecule has 3 aliphatic rings. The Morgan fingerprint density at radius 2 is 1.93 bits per heavy atom. The maximum atomic E-state index is 12.7. The number of aromatic amines is 1. The maximum Gasteiger partial charge on any atom is 0.255 e. The molecule has 0 radical (unpaired) electrons. The molecule has 1 aromatic carbocycles. The van der Waals surface area contributed by atoms with Gasteiger partial charge in [0, 0.05) is 49.4 Å². The van der Waals surface area contributed by atoms with Gasteiger partial charge in [-0.2, -0.15) is 0 Å². The number of fused-ring (bicyclic) bond motifs is 2. The predicted octanol–water partition coefficient (Wildman–Crippen LogP) is 2.32. The summed E-state index contributed by atoms with van der Waals surface area (Å²) in [4.78, 5) is 24.9. The Balaban J connectivity index is 1.37. The molecule has 0 unspecified atom stereocenters. The van der Waals surface area contributed by atoms with Gasteiger partial charge in [0.2, 0.25) is 12.7 Å². The Bertz CT molecular complexity index is 1020. The normalized spacial score (nSPS) is 23.5. The van der Waals surface area contributed by atoms with Crippen LogP contribution in [0.4, 0.5) is 5.95 Å². The highest BCUT2D eigenvalue weighted by Crippen LogP contribution is 2.37. The lowest BCUT2D eigenvalue weighted by Crippen LogP contribution is -2.47. The van der Waals surface area contributed by atoms with Crippen LogP contribution in [0, 0.1) is 0 Å². The van der Waals surface area contributed by atoms with Crippen molar-refractivity contribution in [3.63, 3.8) is 0 Å². The summed E-state index contributed by atoms with van der Waals surface area (Å²) in [7, 11) is 0. The van der Waals surface area contributed by atoms with Crippen LogP contribution in [0.1, 0.15) is 30.7 Å². The smallest absolute Gasteiger partial charge is 0.255 e. The number of anilines is 1. The number of hydrogen-bond acceptors (Lipinski definition) is 7. The molecule has 2 atom stereocenters. The number of ether oxygens (including phenoxy) is 3. The summed E-state index contributed by atoms with van der Waals surface area (Å²) in [6, 6.07) is 3.74. The van der Waals surface area contributed by atoms with Crippen molar-refractivity contribution < 1.29 is 14.2 Å². The minimum Gasteiger partial charge on any atom is -0.454 e. The molecule has 1 aromatic heterocycles. The Hall–Kier alpha value is -2.29. The monoisotopic (exact) mass is 432 g/mol. The lowest BCUT2D eigenvalue weighted by atomic mass is 10.1.